The van der Waals surface area contributed by atoms with Crippen LogP contribution in [0.1, 0.15) is 50.5 Å². The average Bonchev–Trinajstić information content (AvgIpc) is 2.63. The summed E-state index contributed by atoms with van der Waals surface area (Å²) >= 11 is 0. The molecule has 8 nitrogen and oxygen atoms in total. The summed E-state index contributed by atoms with van der Waals surface area (Å²) in [6.07, 6.45) is 5.38. The topological polar surface area (TPSA) is 96.5 Å². The number of carbonyl (C=O) groups excluding carboxylic acids is 2. The van der Waals surface area contributed by atoms with Crippen molar-refractivity contribution in [2.75, 3.05) is 31.6 Å². The highest BCUT2D eigenvalue weighted by Crippen LogP contribution is 2.15. The fourth-order valence-corrected chi connectivity index (χ4v) is 2.72. The van der Waals surface area contributed by atoms with Gasteiger partial charge in [0.05, 0.1) is 19.0 Å². The molecule has 1 aliphatic heterocycles. The van der Waals surface area contributed by atoms with E-state index in [1.54, 1.807) is 18.0 Å². The first-order valence-corrected chi connectivity index (χ1v) is 9.28. The standard InChI is InChI=1S/C18H29N5O3/c1-4-26-18(25)23-9-6-14(7-10-23)22-16-12-20-15(11-21-16)17(24)19-8-5-13(2)3/h11-14H,4-10H2,1-3H3,(H,19,24)(H,21,22). The van der Waals surface area contributed by atoms with Gasteiger partial charge in [-0.1, -0.05) is 13.8 Å². The average molecular weight is 363 g/mol. The summed E-state index contributed by atoms with van der Waals surface area (Å²) in [5.41, 5.74) is 0.316. The highest BCUT2D eigenvalue weighted by Gasteiger charge is 2.23. The molecule has 1 aromatic heterocycles. The molecule has 1 saturated heterocycles. The molecular formula is C18H29N5O3. The SMILES string of the molecule is CCOC(=O)N1CCC(Nc2cnc(C(=O)NCCC(C)C)cn2)CC1. The van der Waals surface area contributed by atoms with E-state index >= 15 is 0 Å². The van der Waals surface area contributed by atoms with E-state index in [0.29, 0.717) is 43.7 Å². The van der Waals surface area contributed by atoms with Crippen molar-refractivity contribution in [1.82, 2.24) is 20.2 Å². The number of aromatic nitrogens is 2. The molecule has 0 spiro atoms. The van der Waals surface area contributed by atoms with E-state index in [0.717, 1.165) is 19.3 Å². The Labute approximate surface area is 154 Å². The molecule has 1 aliphatic rings. The zero-order valence-corrected chi connectivity index (χ0v) is 15.8. The highest BCUT2D eigenvalue weighted by molar-refractivity contribution is 5.91. The summed E-state index contributed by atoms with van der Waals surface area (Å²) in [4.78, 5) is 33.9. The number of hydrogen-bond acceptors (Lipinski definition) is 6. The van der Waals surface area contributed by atoms with Gasteiger partial charge >= 0.3 is 6.09 Å². The molecule has 1 aromatic rings. The number of ether oxygens (including phenoxy) is 1. The molecule has 0 bridgehead atoms. The van der Waals surface area contributed by atoms with Crippen LogP contribution in [0.4, 0.5) is 10.6 Å². The summed E-state index contributed by atoms with van der Waals surface area (Å²) in [5.74, 6) is 0.981. The molecule has 0 aliphatic carbocycles. The van der Waals surface area contributed by atoms with Gasteiger partial charge in [-0.05, 0) is 32.1 Å². The minimum Gasteiger partial charge on any atom is -0.450 e. The fraction of sp³-hybridized carbons (Fsp3) is 0.667. The van der Waals surface area contributed by atoms with Crippen molar-refractivity contribution in [3.63, 3.8) is 0 Å². The Balaban J connectivity index is 1.77. The van der Waals surface area contributed by atoms with Crippen molar-refractivity contribution in [2.45, 2.75) is 46.1 Å². The van der Waals surface area contributed by atoms with E-state index in [1.165, 1.54) is 6.20 Å². The van der Waals surface area contributed by atoms with Crippen molar-refractivity contribution >= 4 is 17.8 Å². The van der Waals surface area contributed by atoms with E-state index in [1.807, 2.05) is 0 Å². The van der Waals surface area contributed by atoms with Gasteiger partial charge < -0.3 is 20.3 Å². The largest absolute Gasteiger partial charge is 0.450 e. The van der Waals surface area contributed by atoms with Gasteiger partial charge in [-0.3, -0.25) is 4.79 Å². The van der Waals surface area contributed by atoms with Crippen molar-refractivity contribution in [2.24, 2.45) is 5.92 Å². The normalized spacial score (nSPS) is 15.0. The number of likely N-dealkylation sites (tertiary alicyclic amines) is 1. The quantitative estimate of drug-likeness (QED) is 0.771. The zero-order valence-electron chi connectivity index (χ0n) is 15.8. The summed E-state index contributed by atoms with van der Waals surface area (Å²) in [6.45, 7) is 8.37. The summed E-state index contributed by atoms with van der Waals surface area (Å²) in [7, 11) is 0. The van der Waals surface area contributed by atoms with Crippen LogP contribution in [0, 0.1) is 5.92 Å². The molecule has 2 N–H and O–H groups in total. The van der Waals surface area contributed by atoms with Gasteiger partial charge in [0.2, 0.25) is 0 Å². The van der Waals surface area contributed by atoms with E-state index in [2.05, 4.69) is 34.4 Å². The maximum absolute atomic E-state index is 12.0. The third kappa shape index (κ3) is 6.16. The third-order valence-corrected chi connectivity index (χ3v) is 4.26. The number of rotatable bonds is 7. The van der Waals surface area contributed by atoms with Crippen molar-refractivity contribution < 1.29 is 14.3 Å². The second-order valence-corrected chi connectivity index (χ2v) is 6.83. The second-order valence-electron chi connectivity index (χ2n) is 6.83. The molecule has 0 aromatic carbocycles. The van der Waals surface area contributed by atoms with Crippen LogP contribution in [0.25, 0.3) is 0 Å². The molecule has 0 radical (unpaired) electrons. The number of carbonyl (C=O) groups is 2. The summed E-state index contributed by atoms with van der Waals surface area (Å²) in [5, 5.41) is 6.16. The van der Waals surface area contributed by atoms with Gasteiger partial charge in [-0.15, -0.1) is 0 Å². The smallest absolute Gasteiger partial charge is 0.409 e. The lowest BCUT2D eigenvalue weighted by Gasteiger charge is -2.31. The summed E-state index contributed by atoms with van der Waals surface area (Å²) in [6, 6.07) is 0.223. The number of nitrogens with one attached hydrogen (secondary N) is 2. The molecule has 0 saturated carbocycles. The predicted molar refractivity (Wildman–Crippen MR) is 99.1 cm³/mol. The first-order valence-electron chi connectivity index (χ1n) is 9.28. The first kappa shape index (κ1) is 19.9. The van der Waals surface area contributed by atoms with Crippen molar-refractivity contribution in [3.05, 3.63) is 18.1 Å². The van der Waals surface area contributed by atoms with E-state index in [-0.39, 0.29) is 18.0 Å². The Hall–Kier alpha value is -2.38. The minimum atomic E-state index is -0.251. The zero-order chi connectivity index (χ0) is 18.9. The van der Waals surface area contributed by atoms with Gasteiger partial charge in [0.1, 0.15) is 11.5 Å². The van der Waals surface area contributed by atoms with Crippen LogP contribution in [-0.2, 0) is 4.74 Å². The molecule has 0 atom stereocenters. The van der Waals surface area contributed by atoms with Crippen LogP contribution in [0.3, 0.4) is 0 Å². The van der Waals surface area contributed by atoms with Crippen molar-refractivity contribution in [1.29, 1.82) is 0 Å². The van der Waals surface area contributed by atoms with Gasteiger partial charge in [0.15, 0.2) is 0 Å². The molecule has 2 amide bonds. The predicted octanol–water partition coefficient (Wildman–Crippen LogP) is 2.29. The Morgan fingerprint density at radius 2 is 2.00 bits per heavy atom. The minimum absolute atomic E-state index is 0.201. The second kappa shape index (κ2) is 9.94. The molecule has 2 heterocycles. The molecule has 144 valence electrons. The Kier molecular flexibility index (Phi) is 7.62. The monoisotopic (exact) mass is 363 g/mol. The van der Waals surface area contributed by atoms with Crippen LogP contribution in [0.15, 0.2) is 12.4 Å². The number of nitrogens with zero attached hydrogens (tertiary/aromatic N) is 3. The number of piperidine rings is 1. The Morgan fingerprint density at radius 1 is 1.27 bits per heavy atom. The van der Waals surface area contributed by atoms with Crippen LogP contribution >= 0.6 is 0 Å². The molecular weight excluding hydrogens is 334 g/mol. The van der Waals surface area contributed by atoms with Gasteiger partial charge in [0.25, 0.3) is 5.91 Å². The van der Waals surface area contributed by atoms with Crippen LogP contribution in [-0.4, -0.2) is 59.2 Å². The molecule has 0 unspecified atom stereocenters. The third-order valence-electron chi connectivity index (χ3n) is 4.26. The van der Waals surface area contributed by atoms with Gasteiger partial charge in [-0.25, -0.2) is 14.8 Å². The first-order chi connectivity index (χ1) is 12.5. The lowest BCUT2D eigenvalue weighted by atomic mass is 10.1. The lowest BCUT2D eigenvalue weighted by molar-refractivity contribution is 0.0945. The summed E-state index contributed by atoms with van der Waals surface area (Å²) < 4.78 is 5.02. The molecule has 8 heteroatoms. The van der Waals surface area contributed by atoms with E-state index in [9.17, 15) is 9.59 Å². The molecule has 1 fully saturated rings. The molecule has 2 rings (SSSR count). The van der Waals surface area contributed by atoms with Crippen LogP contribution in [0.5, 0.6) is 0 Å². The molecule has 26 heavy (non-hydrogen) atoms. The van der Waals surface area contributed by atoms with Gasteiger partial charge in [0, 0.05) is 25.7 Å². The van der Waals surface area contributed by atoms with Crippen molar-refractivity contribution in [3.8, 4) is 0 Å². The Morgan fingerprint density at radius 3 is 2.58 bits per heavy atom. The van der Waals surface area contributed by atoms with E-state index < -0.39 is 0 Å². The number of hydrogen-bond donors (Lipinski definition) is 2. The number of amides is 2. The van der Waals surface area contributed by atoms with E-state index in [4.69, 9.17) is 4.74 Å². The maximum Gasteiger partial charge on any atom is 0.409 e. The van der Waals surface area contributed by atoms with Crippen LogP contribution in [0.2, 0.25) is 0 Å². The fourth-order valence-electron chi connectivity index (χ4n) is 2.72. The highest BCUT2D eigenvalue weighted by atomic mass is 16.6. The van der Waals surface area contributed by atoms with Gasteiger partial charge in [-0.2, -0.15) is 0 Å². The van der Waals surface area contributed by atoms with Crippen LogP contribution < -0.4 is 10.6 Å². The maximum atomic E-state index is 12.0. The lowest BCUT2D eigenvalue weighted by Crippen LogP contribution is -2.42. The Bertz CT molecular complexity index is 583. The number of anilines is 1.